The highest BCUT2D eigenvalue weighted by Crippen LogP contribution is 2.38. The average Bonchev–Trinajstić information content (AvgIpc) is 3.39. The topological polar surface area (TPSA) is 278 Å². The molecule has 0 radical (unpaired) electrons. The van der Waals surface area contributed by atoms with E-state index < -0.39 is 5.82 Å². The standard InChI is InChI=1S/C22H28ClN5O.C22H28FN5O.C21H23ClFN5O/c1-14-4-5-17(23)10-15(14)8-9-25-21-26-13-16(12-24)20(28-21)27-18-6-7-19(29)22(2,3)11-18;1-14-10-15(4-6-18(14)23)8-9-25-21-26-13-16(12-24)20(28-21)27-17-5-7-19(29)22(2,3)11-17;1-13(29)15-3-5-17(6-4-15)27-20-16(11-24)12-26-21(28-20)25-9-8-14-2-7-19(23)18(22)10-14/h4-5,10,13,18-19,29H,6-9,11H2,1-3H3,(H2,25,26,27,28);4,6,10,13,17,19,29H,5,7-9,11H2,1-3H3,(H2,25,26,27,28);2,7,10,12,15,17H,3-6,8-9H2,1H3,(H2,25,26,27,28)/t18-,19+;17-,19+;/m11./s1. The second-order valence-corrected chi connectivity index (χ2v) is 25.0. The molecular weight excluding hydrogens is 1150 g/mol. The maximum atomic E-state index is 13.4. The van der Waals surface area contributed by atoms with E-state index >= 15 is 0 Å². The molecular formula is C65H79Cl2F2N15O3. The summed E-state index contributed by atoms with van der Waals surface area (Å²) in [7, 11) is 0. The van der Waals surface area contributed by atoms with Gasteiger partial charge in [0.25, 0.3) is 0 Å². The molecule has 3 fully saturated rings. The van der Waals surface area contributed by atoms with Gasteiger partial charge in [0.05, 0.1) is 35.8 Å². The minimum absolute atomic E-state index is 0.100. The van der Waals surface area contributed by atoms with Crippen molar-refractivity contribution in [3.05, 3.63) is 139 Å². The number of Topliss-reactive ketones (excluding diaryl/α,β-unsaturated/α-hetero) is 1. The van der Waals surface area contributed by atoms with Crippen LogP contribution in [0.15, 0.2) is 73.2 Å². The molecule has 0 aliphatic heterocycles. The minimum Gasteiger partial charge on any atom is -0.393 e. The highest BCUT2D eigenvalue weighted by Gasteiger charge is 2.37. The van der Waals surface area contributed by atoms with E-state index in [4.69, 9.17) is 23.2 Å². The van der Waals surface area contributed by atoms with Gasteiger partial charge in [-0.25, -0.2) is 23.7 Å². The number of aliphatic hydroxyl groups excluding tert-OH is 2. The fourth-order valence-electron chi connectivity index (χ4n) is 11.1. The first-order valence-electron chi connectivity index (χ1n) is 29.7. The van der Waals surface area contributed by atoms with Crippen LogP contribution in [0.3, 0.4) is 0 Å². The van der Waals surface area contributed by atoms with Crippen molar-refractivity contribution in [2.24, 2.45) is 16.7 Å². The molecule has 0 saturated heterocycles. The van der Waals surface area contributed by atoms with Gasteiger partial charge in [-0.15, -0.1) is 0 Å². The lowest BCUT2D eigenvalue weighted by Crippen LogP contribution is -2.41. The number of benzene rings is 3. The quantitative estimate of drug-likeness (QED) is 0.0374. The Balaban J connectivity index is 0.000000186. The molecule has 87 heavy (non-hydrogen) atoms. The Hall–Kier alpha value is -7.80. The van der Waals surface area contributed by atoms with Gasteiger partial charge in [-0.1, -0.05) is 75.2 Å². The molecule has 0 unspecified atom stereocenters. The Kier molecular flexibility index (Phi) is 23.9. The zero-order chi connectivity index (χ0) is 62.8. The Labute approximate surface area is 519 Å². The van der Waals surface area contributed by atoms with E-state index in [1.807, 2.05) is 24.3 Å². The number of anilines is 6. The van der Waals surface area contributed by atoms with Crippen molar-refractivity contribution in [2.45, 2.75) is 162 Å². The van der Waals surface area contributed by atoms with Crippen LogP contribution in [0.1, 0.15) is 143 Å². The van der Waals surface area contributed by atoms with Gasteiger partial charge in [0.15, 0.2) is 0 Å². The molecule has 22 heteroatoms. The summed E-state index contributed by atoms with van der Waals surface area (Å²) in [5.41, 5.74) is 5.80. The van der Waals surface area contributed by atoms with Gasteiger partial charge in [-0.05, 0) is 173 Å². The van der Waals surface area contributed by atoms with E-state index in [2.05, 4.69) is 115 Å². The van der Waals surface area contributed by atoms with Gasteiger partial charge in [-0.2, -0.15) is 30.7 Å². The number of hydrogen-bond acceptors (Lipinski definition) is 18. The molecule has 0 amide bonds. The highest BCUT2D eigenvalue weighted by atomic mass is 35.5. The molecule has 8 N–H and O–H groups in total. The zero-order valence-corrected chi connectivity index (χ0v) is 52.1. The number of carbonyl (C=O) groups is 1. The zero-order valence-electron chi connectivity index (χ0n) is 50.5. The summed E-state index contributed by atoms with van der Waals surface area (Å²) >= 11 is 11.9. The number of aromatic nitrogens is 6. The van der Waals surface area contributed by atoms with Crippen molar-refractivity contribution >= 4 is 64.3 Å². The number of aliphatic hydroxyl groups is 2. The molecule has 3 aliphatic rings. The van der Waals surface area contributed by atoms with Gasteiger partial charge in [0.2, 0.25) is 17.8 Å². The fourth-order valence-corrected chi connectivity index (χ4v) is 11.5. The van der Waals surface area contributed by atoms with Crippen molar-refractivity contribution in [1.29, 1.82) is 15.8 Å². The third-order valence-electron chi connectivity index (χ3n) is 16.6. The monoisotopic (exact) mass is 1230 g/mol. The third kappa shape index (κ3) is 19.6. The highest BCUT2D eigenvalue weighted by molar-refractivity contribution is 6.31. The predicted octanol–water partition coefficient (Wildman–Crippen LogP) is 12.5. The number of nitriles is 3. The maximum absolute atomic E-state index is 13.4. The summed E-state index contributed by atoms with van der Waals surface area (Å²) in [4.78, 5) is 37.7. The lowest BCUT2D eigenvalue weighted by Gasteiger charge is -2.40. The van der Waals surface area contributed by atoms with Gasteiger partial charge >= 0.3 is 0 Å². The molecule has 3 aliphatic carbocycles. The maximum Gasteiger partial charge on any atom is 0.224 e. The van der Waals surface area contributed by atoms with Crippen LogP contribution in [0.25, 0.3) is 0 Å². The van der Waals surface area contributed by atoms with E-state index in [1.54, 1.807) is 38.2 Å². The van der Waals surface area contributed by atoms with E-state index in [1.165, 1.54) is 35.7 Å². The SMILES string of the molecule is CC(=O)C1CCC(Nc2nc(NCCc3ccc(F)c(Cl)c3)ncc2C#N)CC1.Cc1cc(CCNc2ncc(C#N)c(N[C@@H]3CC[C@H](O)C(C)(C)C3)n2)ccc1F.Cc1ccc(Cl)cc1CCNc1ncc(C#N)c(N[C@@H]2CC[C@H](O)C(C)(C)C2)n1. The van der Waals surface area contributed by atoms with Crippen molar-refractivity contribution in [1.82, 2.24) is 29.9 Å². The van der Waals surface area contributed by atoms with Crippen LogP contribution in [0.4, 0.5) is 44.1 Å². The van der Waals surface area contributed by atoms with Gasteiger partial charge in [0, 0.05) is 48.7 Å². The number of ketones is 1. The predicted molar refractivity (Wildman–Crippen MR) is 338 cm³/mol. The number of aryl methyl sites for hydroxylation is 2. The number of rotatable bonds is 19. The van der Waals surface area contributed by atoms with Crippen molar-refractivity contribution in [2.75, 3.05) is 51.5 Å². The average molecular weight is 1230 g/mol. The third-order valence-corrected chi connectivity index (χ3v) is 17.1. The number of halogens is 4. The number of nitrogens with zero attached hydrogens (tertiary/aromatic N) is 9. The lowest BCUT2D eigenvalue weighted by molar-refractivity contribution is -0.121. The Morgan fingerprint density at radius 1 is 0.575 bits per heavy atom. The summed E-state index contributed by atoms with van der Waals surface area (Å²) in [5, 5.41) is 69.0. The van der Waals surface area contributed by atoms with Crippen LogP contribution < -0.4 is 31.9 Å². The van der Waals surface area contributed by atoms with Gasteiger partial charge < -0.3 is 42.1 Å². The summed E-state index contributed by atoms with van der Waals surface area (Å²) in [6, 6.07) is 22.5. The first-order valence-corrected chi connectivity index (χ1v) is 30.4. The van der Waals surface area contributed by atoms with Gasteiger partial charge in [-0.3, -0.25) is 4.79 Å². The second-order valence-electron chi connectivity index (χ2n) is 24.2. The summed E-state index contributed by atoms with van der Waals surface area (Å²) in [6.07, 6.45) is 14.3. The van der Waals surface area contributed by atoms with Crippen LogP contribution in [0.2, 0.25) is 10.0 Å². The van der Waals surface area contributed by atoms with E-state index in [0.717, 1.165) is 86.8 Å². The molecule has 3 saturated carbocycles. The molecule has 3 aromatic heterocycles. The van der Waals surface area contributed by atoms with E-state index in [-0.39, 0.29) is 63.7 Å². The van der Waals surface area contributed by atoms with Gasteiger partial charge in [0.1, 0.15) is 69.8 Å². The van der Waals surface area contributed by atoms with Crippen LogP contribution in [-0.4, -0.2) is 95.9 Å². The normalized spacial score (nSPS) is 20.0. The molecule has 3 aromatic carbocycles. The minimum atomic E-state index is -0.438. The van der Waals surface area contributed by atoms with Crippen molar-refractivity contribution < 1.29 is 23.8 Å². The lowest BCUT2D eigenvalue weighted by atomic mass is 9.73. The first-order chi connectivity index (χ1) is 41.5. The van der Waals surface area contributed by atoms with Crippen molar-refractivity contribution in [3.8, 4) is 18.2 Å². The molecule has 18 nitrogen and oxygen atoms in total. The summed E-state index contributed by atoms with van der Waals surface area (Å²) in [6.45, 7) is 15.5. The molecule has 6 aromatic rings. The number of hydrogen-bond donors (Lipinski definition) is 8. The van der Waals surface area contributed by atoms with Crippen LogP contribution in [0.5, 0.6) is 0 Å². The first kappa shape index (κ1) is 66.7. The number of nitrogens with one attached hydrogen (secondary N) is 6. The molecule has 0 spiro atoms. The number of carbonyl (C=O) groups excluding carboxylic acids is 1. The Morgan fingerprint density at radius 2 is 1.00 bits per heavy atom. The summed E-state index contributed by atoms with van der Waals surface area (Å²) in [5.74, 6) is 2.65. The van der Waals surface area contributed by atoms with Crippen molar-refractivity contribution in [3.63, 3.8) is 0 Å². The largest absolute Gasteiger partial charge is 0.393 e. The van der Waals surface area contributed by atoms with E-state index in [0.29, 0.717) is 90.0 Å². The molecule has 0 bridgehead atoms. The van der Waals surface area contributed by atoms with E-state index in [9.17, 15) is 39.6 Å². The second kappa shape index (κ2) is 31.2. The Morgan fingerprint density at radius 3 is 1.43 bits per heavy atom. The smallest absolute Gasteiger partial charge is 0.224 e. The Bertz CT molecular complexity index is 3450. The molecule has 460 valence electrons. The summed E-state index contributed by atoms with van der Waals surface area (Å²) < 4.78 is 26.6. The molecule has 4 atom stereocenters. The van der Waals surface area contributed by atoms with Crippen LogP contribution in [-0.2, 0) is 24.1 Å². The van der Waals surface area contributed by atoms with Crippen LogP contribution in [0, 0.1) is 76.2 Å². The van der Waals surface area contributed by atoms with Crippen LogP contribution >= 0.6 is 23.2 Å². The fraction of sp³-hybridized carbons (Fsp3) is 0.477. The molecule has 9 rings (SSSR count). The molecule has 3 heterocycles.